The molecule has 0 spiro atoms. The van der Waals surface area contributed by atoms with Gasteiger partial charge in [-0.05, 0) is 100 Å². The highest BCUT2D eigenvalue weighted by Gasteiger charge is 1.99. The van der Waals surface area contributed by atoms with E-state index < -0.39 is 0 Å². The lowest BCUT2D eigenvalue weighted by molar-refractivity contribution is -0.116. The molecule has 0 saturated carbocycles. The number of amides is 1. The molecule has 0 unspecified atom stereocenters. The quantitative estimate of drug-likeness (QED) is 0.218. The maximum atomic E-state index is 11.9. The van der Waals surface area contributed by atoms with Crippen LogP contribution in [0.2, 0.25) is 0 Å². The number of rotatable bonds is 14. The normalized spacial score (nSPS) is 13.1. The fraction of sp³-hybridized carbons (Fsp3) is 0.640. The summed E-state index contributed by atoms with van der Waals surface area (Å²) >= 11 is 0. The van der Waals surface area contributed by atoms with E-state index in [9.17, 15) is 4.79 Å². The van der Waals surface area contributed by atoms with Gasteiger partial charge in [-0.25, -0.2) is 0 Å². The maximum absolute atomic E-state index is 11.9. The molecule has 0 aromatic carbocycles. The smallest absolute Gasteiger partial charge is 0.243 e. The zero-order valence-electron chi connectivity index (χ0n) is 19.5. The summed E-state index contributed by atoms with van der Waals surface area (Å²) < 4.78 is 0. The van der Waals surface area contributed by atoms with E-state index in [1.165, 1.54) is 16.7 Å². The first kappa shape index (κ1) is 26.4. The molecule has 0 aromatic rings. The number of carbonyl (C=O) groups excluding carboxylic acids is 1. The fourth-order valence-corrected chi connectivity index (χ4v) is 2.84. The second-order valence-electron chi connectivity index (χ2n) is 8.44. The summed E-state index contributed by atoms with van der Waals surface area (Å²) in [6.07, 6.45) is 16.2. The number of hydrogen-bond acceptors (Lipinski definition) is 2. The highest BCUT2D eigenvalue weighted by Crippen LogP contribution is 2.13. The predicted octanol–water partition coefficient (Wildman–Crippen LogP) is 6.20. The second kappa shape index (κ2) is 16.4. The van der Waals surface area contributed by atoms with Crippen LogP contribution in [-0.4, -0.2) is 38.0 Å². The minimum Gasteiger partial charge on any atom is -0.353 e. The average Bonchev–Trinajstić information content (AvgIpc) is 2.58. The van der Waals surface area contributed by atoms with Gasteiger partial charge in [-0.1, -0.05) is 40.5 Å². The van der Waals surface area contributed by atoms with Crippen molar-refractivity contribution in [2.24, 2.45) is 0 Å². The number of nitrogens with zero attached hydrogens (tertiary/aromatic N) is 1. The first-order valence-corrected chi connectivity index (χ1v) is 10.7. The Morgan fingerprint density at radius 1 is 0.786 bits per heavy atom. The Labute approximate surface area is 174 Å². The van der Waals surface area contributed by atoms with E-state index in [4.69, 9.17) is 0 Å². The standard InChI is InChI=1S/C25H44N2O/c1-21(2)12-8-13-22(3)14-9-15-23(4)16-10-17-24(5)20-25(28)26-18-11-19-27(6)7/h12,14,16,20H,8-11,13,15,17-19H2,1-7H3,(H,26,28). The molecule has 0 fully saturated rings. The van der Waals surface area contributed by atoms with Crippen LogP contribution in [0.5, 0.6) is 0 Å². The summed E-state index contributed by atoms with van der Waals surface area (Å²) in [5, 5.41) is 2.96. The van der Waals surface area contributed by atoms with Gasteiger partial charge in [0.05, 0.1) is 0 Å². The van der Waals surface area contributed by atoms with E-state index >= 15 is 0 Å². The highest BCUT2D eigenvalue weighted by molar-refractivity contribution is 5.88. The van der Waals surface area contributed by atoms with Gasteiger partial charge in [-0.15, -0.1) is 0 Å². The lowest BCUT2D eigenvalue weighted by atomic mass is 10.0. The third kappa shape index (κ3) is 17.8. The molecular formula is C25H44N2O. The van der Waals surface area contributed by atoms with E-state index in [0.717, 1.165) is 63.6 Å². The van der Waals surface area contributed by atoms with Crippen molar-refractivity contribution in [3.8, 4) is 0 Å². The van der Waals surface area contributed by atoms with Crippen molar-refractivity contribution < 1.29 is 4.79 Å². The van der Waals surface area contributed by atoms with Crippen molar-refractivity contribution >= 4 is 5.91 Å². The number of carbonyl (C=O) groups is 1. The fourth-order valence-electron chi connectivity index (χ4n) is 2.84. The van der Waals surface area contributed by atoms with Crippen molar-refractivity contribution in [1.82, 2.24) is 10.2 Å². The van der Waals surface area contributed by atoms with Gasteiger partial charge in [-0.3, -0.25) is 4.79 Å². The lowest BCUT2D eigenvalue weighted by Gasteiger charge is -2.09. The number of hydrogen-bond donors (Lipinski definition) is 1. The molecule has 0 rings (SSSR count). The highest BCUT2D eigenvalue weighted by atomic mass is 16.1. The van der Waals surface area contributed by atoms with Gasteiger partial charge in [-0.2, -0.15) is 0 Å². The van der Waals surface area contributed by atoms with Crippen LogP contribution in [0.3, 0.4) is 0 Å². The molecule has 0 aliphatic heterocycles. The summed E-state index contributed by atoms with van der Waals surface area (Å²) in [6, 6.07) is 0. The molecule has 0 aliphatic carbocycles. The summed E-state index contributed by atoms with van der Waals surface area (Å²) in [5.74, 6) is 0.0330. The van der Waals surface area contributed by atoms with E-state index in [1.54, 1.807) is 6.08 Å². The Morgan fingerprint density at radius 2 is 1.29 bits per heavy atom. The Balaban J connectivity index is 4.05. The Bertz CT molecular complexity index is 561. The van der Waals surface area contributed by atoms with Gasteiger partial charge in [0, 0.05) is 12.6 Å². The van der Waals surface area contributed by atoms with Crippen LogP contribution in [0.1, 0.15) is 79.6 Å². The number of allylic oxidation sites excluding steroid dienone is 7. The number of nitrogens with one attached hydrogen (secondary N) is 1. The van der Waals surface area contributed by atoms with Crippen molar-refractivity contribution in [2.45, 2.75) is 79.6 Å². The molecule has 1 amide bonds. The van der Waals surface area contributed by atoms with E-state index in [1.807, 2.05) is 21.0 Å². The van der Waals surface area contributed by atoms with Crippen LogP contribution in [0.25, 0.3) is 0 Å². The molecule has 1 N–H and O–H groups in total. The molecule has 0 aromatic heterocycles. The average molecular weight is 389 g/mol. The van der Waals surface area contributed by atoms with Gasteiger partial charge in [0.15, 0.2) is 0 Å². The van der Waals surface area contributed by atoms with Gasteiger partial charge in [0.2, 0.25) is 5.91 Å². The summed E-state index contributed by atoms with van der Waals surface area (Å²) in [5.41, 5.74) is 5.47. The molecule has 0 radical (unpaired) electrons. The molecule has 3 nitrogen and oxygen atoms in total. The Hall–Kier alpha value is -1.61. The van der Waals surface area contributed by atoms with Crippen molar-refractivity contribution in [1.29, 1.82) is 0 Å². The minimum absolute atomic E-state index is 0.0330. The molecule has 0 saturated heterocycles. The maximum Gasteiger partial charge on any atom is 0.243 e. The van der Waals surface area contributed by atoms with E-state index in [-0.39, 0.29) is 5.91 Å². The zero-order chi connectivity index (χ0) is 21.4. The summed E-state index contributed by atoms with van der Waals surface area (Å²) in [6.45, 7) is 12.5. The van der Waals surface area contributed by atoms with Gasteiger partial charge >= 0.3 is 0 Å². The van der Waals surface area contributed by atoms with Crippen LogP contribution < -0.4 is 5.32 Å². The molecule has 160 valence electrons. The van der Waals surface area contributed by atoms with Crippen LogP contribution in [-0.2, 0) is 4.79 Å². The Morgan fingerprint density at radius 3 is 1.79 bits per heavy atom. The van der Waals surface area contributed by atoms with E-state index in [2.05, 4.69) is 56.1 Å². The second-order valence-corrected chi connectivity index (χ2v) is 8.44. The third-order valence-corrected chi connectivity index (χ3v) is 4.61. The molecule has 3 heteroatoms. The largest absolute Gasteiger partial charge is 0.353 e. The van der Waals surface area contributed by atoms with Crippen molar-refractivity contribution in [2.75, 3.05) is 27.2 Å². The van der Waals surface area contributed by atoms with Gasteiger partial charge in [0.25, 0.3) is 0 Å². The van der Waals surface area contributed by atoms with E-state index in [0.29, 0.717) is 0 Å². The first-order valence-electron chi connectivity index (χ1n) is 10.7. The topological polar surface area (TPSA) is 32.3 Å². The molecule has 0 aliphatic rings. The van der Waals surface area contributed by atoms with Crippen LogP contribution in [0.4, 0.5) is 0 Å². The zero-order valence-corrected chi connectivity index (χ0v) is 19.5. The Kier molecular flexibility index (Phi) is 15.4. The molecule has 0 atom stereocenters. The first-order chi connectivity index (χ1) is 13.2. The van der Waals surface area contributed by atoms with Crippen LogP contribution >= 0.6 is 0 Å². The van der Waals surface area contributed by atoms with Crippen molar-refractivity contribution in [3.05, 3.63) is 46.6 Å². The van der Waals surface area contributed by atoms with Crippen molar-refractivity contribution in [3.63, 3.8) is 0 Å². The van der Waals surface area contributed by atoms with Gasteiger partial charge < -0.3 is 10.2 Å². The van der Waals surface area contributed by atoms with Crippen LogP contribution in [0, 0.1) is 0 Å². The molecular weight excluding hydrogens is 344 g/mol. The molecule has 0 heterocycles. The molecule has 0 bridgehead atoms. The third-order valence-electron chi connectivity index (χ3n) is 4.61. The van der Waals surface area contributed by atoms with Crippen LogP contribution in [0.15, 0.2) is 46.6 Å². The SMILES string of the molecule is CC(C)=CCCC(C)=CCCC(C)=CCCC(C)=CC(=O)NCCCN(C)C. The van der Waals surface area contributed by atoms with Gasteiger partial charge in [0.1, 0.15) is 0 Å². The summed E-state index contributed by atoms with van der Waals surface area (Å²) in [7, 11) is 4.09. The minimum atomic E-state index is 0.0330. The molecule has 28 heavy (non-hydrogen) atoms. The summed E-state index contributed by atoms with van der Waals surface area (Å²) in [4.78, 5) is 14.0. The monoisotopic (exact) mass is 388 g/mol. The predicted molar refractivity (Wildman–Crippen MR) is 125 cm³/mol. The lowest BCUT2D eigenvalue weighted by Crippen LogP contribution is -2.25.